The molecular weight excluding hydrogens is 360 g/mol. The molecule has 0 atom stereocenters. The lowest BCUT2D eigenvalue weighted by Crippen LogP contribution is -2.24. The topological polar surface area (TPSA) is 80.9 Å². The molecule has 4 rings (SSSR count). The molecule has 0 bridgehead atoms. The molecule has 0 unspecified atom stereocenters. The lowest BCUT2D eigenvalue weighted by molar-refractivity contribution is -0.120. The van der Waals surface area contributed by atoms with Crippen LogP contribution in [0.3, 0.4) is 0 Å². The molecule has 1 N–H and O–H groups in total. The summed E-state index contributed by atoms with van der Waals surface area (Å²) in [6.07, 6.45) is 1.91. The van der Waals surface area contributed by atoms with Crippen LogP contribution < -0.4 is 5.32 Å². The van der Waals surface area contributed by atoms with Crippen molar-refractivity contribution in [1.29, 1.82) is 0 Å². The molecule has 0 radical (unpaired) electrons. The number of aromatic nitrogens is 3. The Bertz CT molecular complexity index is 1100. The number of benzene rings is 1. The molecule has 0 saturated carbocycles. The van der Waals surface area contributed by atoms with E-state index in [9.17, 15) is 4.79 Å². The van der Waals surface area contributed by atoms with Crippen LogP contribution in [0.5, 0.6) is 0 Å². The standard InChI is InChI=1S/C20H18N4O2S/c1-12-7-15-17(24-26-18(15)8-13(12)2)9-19(25)22-10-14-11-27-20(23-14)16-5-3-4-6-21-16/h3-8,11H,9-10H2,1-2H3,(H,22,25). The average Bonchev–Trinajstić information content (AvgIpc) is 3.29. The lowest BCUT2D eigenvalue weighted by Gasteiger charge is -2.02. The first-order valence-corrected chi connectivity index (χ1v) is 9.46. The number of carbonyl (C=O) groups excluding carboxylic acids is 1. The second-order valence-corrected chi connectivity index (χ2v) is 7.23. The molecule has 0 spiro atoms. The van der Waals surface area contributed by atoms with E-state index in [-0.39, 0.29) is 12.3 Å². The van der Waals surface area contributed by atoms with Crippen LogP contribution in [0, 0.1) is 13.8 Å². The number of hydrogen-bond donors (Lipinski definition) is 1. The molecule has 3 heterocycles. The number of nitrogens with one attached hydrogen (secondary N) is 1. The van der Waals surface area contributed by atoms with E-state index < -0.39 is 0 Å². The number of nitrogens with zero attached hydrogens (tertiary/aromatic N) is 3. The Labute approximate surface area is 160 Å². The Hall–Kier alpha value is -3.06. The van der Waals surface area contributed by atoms with Gasteiger partial charge < -0.3 is 9.84 Å². The van der Waals surface area contributed by atoms with Gasteiger partial charge in [0.25, 0.3) is 0 Å². The largest absolute Gasteiger partial charge is 0.356 e. The van der Waals surface area contributed by atoms with Crippen molar-refractivity contribution in [2.75, 3.05) is 0 Å². The summed E-state index contributed by atoms with van der Waals surface area (Å²) in [5.41, 5.74) is 5.29. The highest BCUT2D eigenvalue weighted by Crippen LogP contribution is 2.23. The molecule has 0 saturated heterocycles. The lowest BCUT2D eigenvalue weighted by atomic mass is 10.1. The predicted molar refractivity (Wildman–Crippen MR) is 104 cm³/mol. The van der Waals surface area contributed by atoms with Crippen molar-refractivity contribution in [3.63, 3.8) is 0 Å². The van der Waals surface area contributed by atoms with Gasteiger partial charge in [0.05, 0.1) is 24.4 Å². The Morgan fingerprint density at radius 3 is 2.89 bits per heavy atom. The molecule has 0 aliphatic rings. The van der Waals surface area contributed by atoms with E-state index in [0.29, 0.717) is 17.8 Å². The van der Waals surface area contributed by atoms with E-state index in [1.807, 2.05) is 49.6 Å². The summed E-state index contributed by atoms with van der Waals surface area (Å²) in [5, 5.41) is 10.6. The highest BCUT2D eigenvalue weighted by atomic mass is 32.1. The van der Waals surface area contributed by atoms with Crippen LogP contribution >= 0.6 is 11.3 Å². The molecule has 1 aromatic carbocycles. The minimum Gasteiger partial charge on any atom is -0.356 e. The zero-order valence-electron chi connectivity index (χ0n) is 15.0. The number of hydrogen-bond acceptors (Lipinski definition) is 6. The third-order valence-electron chi connectivity index (χ3n) is 4.39. The summed E-state index contributed by atoms with van der Waals surface area (Å²) < 4.78 is 5.35. The minimum atomic E-state index is -0.115. The Kier molecular flexibility index (Phi) is 4.68. The van der Waals surface area contributed by atoms with Crippen LogP contribution in [-0.4, -0.2) is 21.0 Å². The van der Waals surface area contributed by atoms with Crippen LogP contribution in [0.2, 0.25) is 0 Å². The number of pyridine rings is 1. The first-order valence-electron chi connectivity index (χ1n) is 8.58. The molecule has 1 amide bonds. The van der Waals surface area contributed by atoms with E-state index in [1.54, 1.807) is 6.20 Å². The molecule has 7 heteroatoms. The van der Waals surface area contributed by atoms with Gasteiger partial charge >= 0.3 is 0 Å². The maximum Gasteiger partial charge on any atom is 0.226 e. The minimum absolute atomic E-state index is 0.115. The summed E-state index contributed by atoms with van der Waals surface area (Å²) in [7, 11) is 0. The van der Waals surface area contributed by atoms with Gasteiger partial charge in [0.1, 0.15) is 10.7 Å². The first kappa shape index (κ1) is 17.4. The van der Waals surface area contributed by atoms with Crippen LogP contribution in [0.25, 0.3) is 21.7 Å². The zero-order chi connectivity index (χ0) is 18.8. The van der Waals surface area contributed by atoms with Gasteiger partial charge in [-0.1, -0.05) is 11.2 Å². The first-order chi connectivity index (χ1) is 13.1. The van der Waals surface area contributed by atoms with Crippen molar-refractivity contribution in [3.05, 3.63) is 64.4 Å². The second-order valence-electron chi connectivity index (χ2n) is 6.37. The van der Waals surface area contributed by atoms with Crippen molar-refractivity contribution in [2.45, 2.75) is 26.8 Å². The van der Waals surface area contributed by atoms with Crippen molar-refractivity contribution >= 4 is 28.2 Å². The highest BCUT2D eigenvalue weighted by Gasteiger charge is 2.14. The molecule has 6 nitrogen and oxygen atoms in total. The fourth-order valence-corrected chi connectivity index (χ4v) is 3.57. The van der Waals surface area contributed by atoms with Gasteiger partial charge in [-0.3, -0.25) is 9.78 Å². The number of carbonyl (C=O) groups is 1. The Morgan fingerprint density at radius 1 is 1.22 bits per heavy atom. The number of rotatable bonds is 5. The molecular formula is C20H18N4O2S. The van der Waals surface area contributed by atoms with Crippen molar-refractivity contribution in [3.8, 4) is 10.7 Å². The predicted octanol–water partition coefficient (Wildman–Crippen LogP) is 3.82. The summed E-state index contributed by atoms with van der Waals surface area (Å²) >= 11 is 1.51. The third kappa shape index (κ3) is 3.73. The molecule has 4 aromatic rings. The van der Waals surface area contributed by atoms with E-state index in [1.165, 1.54) is 11.3 Å². The molecule has 136 valence electrons. The van der Waals surface area contributed by atoms with Crippen LogP contribution in [-0.2, 0) is 17.8 Å². The van der Waals surface area contributed by atoms with Crippen molar-refractivity contribution in [2.24, 2.45) is 0 Å². The van der Waals surface area contributed by atoms with E-state index in [0.717, 1.165) is 32.9 Å². The SMILES string of the molecule is Cc1cc2onc(CC(=O)NCc3csc(-c4ccccn4)n3)c2cc1C. The average molecular weight is 378 g/mol. The fourth-order valence-electron chi connectivity index (χ4n) is 2.77. The monoisotopic (exact) mass is 378 g/mol. The smallest absolute Gasteiger partial charge is 0.226 e. The van der Waals surface area contributed by atoms with E-state index >= 15 is 0 Å². The normalized spacial score (nSPS) is 11.0. The van der Waals surface area contributed by atoms with E-state index in [4.69, 9.17) is 4.52 Å². The highest BCUT2D eigenvalue weighted by molar-refractivity contribution is 7.13. The summed E-state index contributed by atoms with van der Waals surface area (Å²) in [5.74, 6) is -0.115. The Morgan fingerprint density at radius 2 is 2.07 bits per heavy atom. The van der Waals surface area contributed by atoms with Crippen LogP contribution in [0.1, 0.15) is 22.5 Å². The third-order valence-corrected chi connectivity index (χ3v) is 5.31. The molecule has 27 heavy (non-hydrogen) atoms. The van der Waals surface area contributed by atoms with Gasteiger partial charge in [0.15, 0.2) is 5.58 Å². The molecule has 0 aliphatic carbocycles. The number of aryl methyl sites for hydroxylation is 2. The molecule has 0 aliphatic heterocycles. The van der Waals surface area contributed by atoms with Crippen molar-refractivity contribution in [1.82, 2.24) is 20.4 Å². The van der Waals surface area contributed by atoms with Crippen LogP contribution in [0.15, 0.2) is 46.4 Å². The van der Waals surface area contributed by atoms with Crippen molar-refractivity contribution < 1.29 is 9.32 Å². The molecule has 3 aromatic heterocycles. The number of amides is 1. The number of thiazole rings is 1. The maximum absolute atomic E-state index is 12.3. The van der Waals surface area contributed by atoms with Crippen LogP contribution in [0.4, 0.5) is 0 Å². The van der Waals surface area contributed by atoms with Gasteiger partial charge in [-0.25, -0.2) is 4.98 Å². The summed E-state index contributed by atoms with van der Waals surface area (Å²) in [6.45, 7) is 4.43. The number of fused-ring (bicyclic) bond motifs is 1. The van der Waals surface area contributed by atoms with Gasteiger partial charge in [-0.2, -0.15) is 0 Å². The maximum atomic E-state index is 12.3. The van der Waals surface area contributed by atoms with Gasteiger partial charge in [0.2, 0.25) is 5.91 Å². The van der Waals surface area contributed by atoms with E-state index in [2.05, 4.69) is 20.4 Å². The van der Waals surface area contributed by atoms with Gasteiger partial charge in [-0.05, 0) is 49.2 Å². The Balaban J connectivity index is 1.41. The van der Waals surface area contributed by atoms with Gasteiger partial charge in [0, 0.05) is 17.0 Å². The molecule has 0 fully saturated rings. The van der Waals surface area contributed by atoms with Gasteiger partial charge in [-0.15, -0.1) is 11.3 Å². The quantitative estimate of drug-likeness (QED) is 0.571. The summed E-state index contributed by atoms with van der Waals surface area (Å²) in [4.78, 5) is 21.1. The zero-order valence-corrected chi connectivity index (χ0v) is 15.8. The fraction of sp³-hybridized carbons (Fsp3) is 0.200. The second kappa shape index (κ2) is 7.28. The summed E-state index contributed by atoms with van der Waals surface area (Å²) in [6, 6.07) is 9.68.